The van der Waals surface area contributed by atoms with Crippen molar-refractivity contribution < 1.29 is 39.3 Å². The van der Waals surface area contributed by atoms with E-state index in [1.54, 1.807) is 13.8 Å². The molecule has 0 rings (SSSR count). The zero-order chi connectivity index (χ0) is 22.9. The van der Waals surface area contributed by atoms with Crippen molar-refractivity contribution in [3.63, 3.8) is 0 Å². The lowest BCUT2D eigenvalue weighted by atomic mass is 10.0. The predicted molar refractivity (Wildman–Crippen MR) is 100 cm³/mol. The van der Waals surface area contributed by atoms with Gasteiger partial charge in [-0.3, -0.25) is 24.0 Å². The quantitative estimate of drug-likeness (QED) is 0.183. The third-order valence-corrected chi connectivity index (χ3v) is 3.86. The summed E-state index contributed by atoms with van der Waals surface area (Å²) in [6.45, 7) is 6.05. The number of aliphatic hydroxyl groups is 1. The number of nitrogens with one attached hydrogen (secondary N) is 3. The Morgan fingerprint density at radius 1 is 0.862 bits per heavy atom. The van der Waals surface area contributed by atoms with Crippen LogP contribution in [0.2, 0.25) is 0 Å². The van der Waals surface area contributed by atoms with Gasteiger partial charge in [0.15, 0.2) is 0 Å². The smallest absolute Gasteiger partial charge is 0.325 e. The number of carbonyl (C=O) groups excluding carboxylic acids is 3. The lowest BCUT2D eigenvalue weighted by Crippen LogP contribution is -2.59. The number of carbonyl (C=O) groups is 5. The van der Waals surface area contributed by atoms with Crippen LogP contribution >= 0.6 is 0 Å². The molecule has 0 heterocycles. The normalized spacial score (nSPS) is 16.1. The molecule has 0 fully saturated rings. The van der Waals surface area contributed by atoms with Crippen LogP contribution in [0.3, 0.4) is 0 Å². The highest BCUT2D eigenvalue weighted by molar-refractivity contribution is 5.94. The second-order valence-electron chi connectivity index (χ2n) is 7.19. The van der Waals surface area contributed by atoms with Crippen molar-refractivity contribution in [2.75, 3.05) is 0 Å². The van der Waals surface area contributed by atoms with E-state index < -0.39 is 66.4 Å². The molecule has 166 valence electrons. The number of amides is 3. The molecule has 0 aliphatic heterocycles. The average Bonchev–Trinajstić information content (AvgIpc) is 2.56. The molecule has 12 nitrogen and oxygen atoms in total. The fourth-order valence-electron chi connectivity index (χ4n) is 2.29. The van der Waals surface area contributed by atoms with Crippen LogP contribution in [0.5, 0.6) is 0 Å². The fraction of sp³-hybridized carbons (Fsp3) is 0.706. The molecule has 0 saturated carbocycles. The molecule has 5 unspecified atom stereocenters. The number of hydrogen-bond donors (Lipinski definition) is 7. The average molecular weight is 418 g/mol. The Bertz CT molecular complexity index is 623. The van der Waals surface area contributed by atoms with Gasteiger partial charge in [-0.25, -0.2) is 0 Å². The monoisotopic (exact) mass is 418 g/mol. The molecule has 3 amide bonds. The summed E-state index contributed by atoms with van der Waals surface area (Å²) < 4.78 is 0. The number of carboxylic acids is 2. The molecule has 0 aliphatic carbocycles. The molecular weight excluding hydrogens is 388 g/mol. The van der Waals surface area contributed by atoms with Crippen molar-refractivity contribution in [3.8, 4) is 0 Å². The fourth-order valence-corrected chi connectivity index (χ4v) is 2.29. The highest BCUT2D eigenvalue weighted by Gasteiger charge is 2.32. The minimum Gasteiger partial charge on any atom is -0.481 e. The van der Waals surface area contributed by atoms with Crippen LogP contribution < -0.4 is 21.7 Å². The number of aliphatic hydroxyl groups excluding tert-OH is 1. The van der Waals surface area contributed by atoms with E-state index in [1.807, 2.05) is 0 Å². The molecule has 0 aromatic heterocycles. The van der Waals surface area contributed by atoms with Crippen LogP contribution in [0.25, 0.3) is 0 Å². The van der Waals surface area contributed by atoms with Gasteiger partial charge in [-0.15, -0.1) is 0 Å². The van der Waals surface area contributed by atoms with Gasteiger partial charge in [0.05, 0.1) is 18.6 Å². The molecule has 0 aromatic carbocycles. The van der Waals surface area contributed by atoms with E-state index in [4.69, 9.17) is 15.9 Å². The van der Waals surface area contributed by atoms with Gasteiger partial charge in [0.25, 0.3) is 0 Å². The minimum absolute atomic E-state index is 0.0465. The van der Waals surface area contributed by atoms with Crippen molar-refractivity contribution in [2.45, 2.75) is 70.8 Å². The highest BCUT2D eigenvalue weighted by atomic mass is 16.4. The maximum atomic E-state index is 12.5. The second kappa shape index (κ2) is 12.0. The summed E-state index contributed by atoms with van der Waals surface area (Å²) in [5.41, 5.74) is 5.44. The summed E-state index contributed by atoms with van der Waals surface area (Å²) in [7, 11) is 0. The molecule has 0 bridgehead atoms. The third-order valence-electron chi connectivity index (χ3n) is 3.86. The first-order valence-electron chi connectivity index (χ1n) is 9.05. The summed E-state index contributed by atoms with van der Waals surface area (Å²) in [5.74, 6) is -5.21. The van der Waals surface area contributed by atoms with E-state index in [-0.39, 0.29) is 12.3 Å². The van der Waals surface area contributed by atoms with E-state index in [2.05, 4.69) is 16.0 Å². The van der Waals surface area contributed by atoms with E-state index in [1.165, 1.54) is 13.8 Å². The first-order valence-corrected chi connectivity index (χ1v) is 9.05. The van der Waals surface area contributed by atoms with Gasteiger partial charge >= 0.3 is 11.9 Å². The Balaban J connectivity index is 5.28. The standard InChI is InChI=1S/C17H30N4O8/c1-7(2)5-11(15(26)19-8(3)17(28)29)20-16(27)13(9(4)22)21-14(25)10(18)6-12(23)24/h7-11,13,22H,5-6,18H2,1-4H3,(H,19,26)(H,20,27)(H,21,25)(H,23,24)(H,28,29). The minimum atomic E-state index is -1.50. The van der Waals surface area contributed by atoms with E-state index >= 15 is 0 Å². The first-order chi connectivity index (χ1) is 13.3. The Morgan fingerprint density at radius 2 is 1.41 bits per heavy atom. The Kier molecular flexibility index (Phi) is 10.8. The highest BCUT2D eigenvalue weighted by Crippen LogP contribution is 2.07. The Hall–Kier alpha value is -2.73. The molecule has 0 spiro atoms. The molecule has 29 heavy (non-hydrogen) atoms. The van der Waals surface area contributed by atoms with E-state index in [0.717, 1.165) is 0 Å². The van der Waals surface area contributed by atoms with Crippen molar-refractivity contribution in [1.82, 2.24) is 16.0 Å². The van der Waals surface area contributed by atoms with Gasteiger partial charge in [-0.05, 0) is 26.2 Å². The zero-order valence-corrected chi connectivity index (χ0v) is 16.8. The SMILES string of the molecule is CC(C)CC(NC(=O)C(NC(=O)C(N)CC(=O)O)C(C)O)C(=O)NC(C)C(=O)O. The largest absolute Gasteiger partial charge is 0.481 e. The van der Waals surface area contributed by atoms with Crippen LogP contribution in [0.1, 0.15) is 40.5 Å². The first kappa shape index (κ1) is 26.3. The summed E-state index contributed by atoms with van der Waals surface area (Å²) in [6, 6.07) is -5.24. The molecule has 0 aliphatic rings. The number of hydrogen-bond acceptors (Lipinski definition) is 7. The van der Waals surface area contributed by atoms with Gasteiger partial charge in [-0.1, -0.05) is 13.8 Å². The zero-order valence-electron chi connectivity index (χ0n) is 16.8. The lowest BCUT2D eigenvalue weighted by Gasteiger charge is -2.26. The Labute approximate surface area is 168 Å². The van der Waals surface area contributed by atoms with Crippen LogP contribution in [0, 0.1) is 5.92 Å². The number of aliphatic carboxylic acids is 2. The third kappa shape index (κ3) is 9.85. The summed E-state index contributed by atoms with van der Waals surface area (Å²) in [4.78, 5) is 58.4. The topological polar surface area (TPSA) is 208 Å². The van der Waals surface area contributed by atoms with Crippen LogP contribution in [-0.2, 0) is 24.0 Å². The second-order valence-corrected chi connectivity index (χ2v) is 7.19. The van der Waals surface area contributed by atoms with Crippen molar-refractivity contribution in [2.24, 2.45) is 11.7 Å². The molecule has 0 radical (unpaired) electrons. The molecule has 0 saturated heterocycles. The van der Waals surface area contributed by atoms with E-state index in [0.29, 0.717) is 0 Å². The van der Waals surface area contributed by atoms with Gasteiger partial charge in [0.1, 0.15) is 18.1 Å². The van der Waals surface area contributed by atoms with Crippen LogP contribution in [-0.4, -0.2) is 75.3 Å². The molecule has 0 aromatic rings. The summed E-state index contributed by atoms with van der Waals surface area (Å²) >= 11 is 0. The van der Waals surface area contributed by atoms with Crippen molar-refractivity contribution >= 4 is 29.7 Å². The molecule has 5 atom stereocenters. The maximum Gasteiger partial charge on any atom is 0.325 e. The predicted octanol–water partition coefficient (Wildman–Crippen LogP) is -2.23. The van der Waals surface area contributed by atoms with Crippen LogP contribution in [0.15, 0.2) is 0 Å². The molecule has 8 N–H and O–H groups in total. The number of nitrogens with two attached hydrogens (primary N) is 1. The van der Waals surface area contributed by atoms with Crippen LogP contribution in [0.4, 0.5) is 0 Å². The van der Waals surface area contributed by atoms with Crippen molar-refractivity contribution in [3.05, 3.63) is 0 Å². The van der Waals surface area contributed by atoms with Gasteiger partial charge in [-0.2, -0.15) is 0 Å². The number of rotatable bonds is 12. The number of carboxylic acid groups (broad SMARTS) is 2. The summed E-state index contributed by atoms with van der Waals surface area (Å²) in [6.07, 6.45) is -1.88. The molecule has 12 heteroatoms. The van der Waals surface area contributed by atoms with Crippen molar-refractivity contribution in [1.29, 1.82) is 0 Å². The summed E-state index contributed by atoms with van der Waals surface area (Å²) in [5, 5.41) is 34.2. The van der Waals surface area contributed by atoms with Gasteiger partial charge in [0, 0.05) is 0 Å². The molecular formula is C17H30N4O8. The van der Waals surface area contributed by atoms with Gasteiger partial charge < -0.3 is 37.0 Å². The lowest BCUT2D eigenvalue weighted by molar-refractivity contribution is -0.142. The van der Waals surface area contributed by atoms with Gasteiger partial charge in [0.2, 0.25) is 17.7 Å². The maximum absolute atomic E-state index is 12.5. The van der Waals surface area contributed by atoms with E-state index in [9.17, 15) is 29.1 Å². The Morgan fingerprint density at radius 3 is 1.83 bits per heavy atom.